The lowest BCUT2D eigenvalue weighted by Crippen LogP contribution is -2.52. The first-order chi connectivity index (χ1) is 11.5. The van der Waals surface area contributed by atoms with Gasteiger partial charge < -0.3 is 14.7 Å². The van der Waals surface area contributed by atoms with E-state index in [2.05, 4.69) is 51.5 Å². The van der Waals surface area contributed by atoms with Gasteiger partial charge in [0.25, 0.3) is 0 Å². The molecule has 1 amide bonds. The van der Waals surface area contributed by atoms with Gasteiger partial charge in [-0.3, -0.25) is 9.69 Å². The minimum Gasteiger partial charge on any atom is -0.369 e. The standard InChI is InChI=1S/C18H24N4O2/c1-13-5-4-6-16(11-13)22-9-7-21(8-10-22)15(3)18(23)19-17-12-14(2)24-20-17/h4-6,11-12,15H,7-10H2,1-3H3,(H,19,20,23)/t15-/m1/s1. The smallest absolute Gasteiger partial charge is 0.242 e. The van der Waals surface area contributed by atoms with E-state index in [9.17, 15) is 4.79 Å². The molecule has 1 saturated heterocycles. The largest absolute Gasteiger partial charge is 0.369 e. The van der Waals surface area contributed by atoms with Crippen LogP contribution < -0.4 is 10.2 Å². The number of anilines is 2. The van der Waals surface area contributed by atoms with E-state index in [1.807, 2.05) is 6.92 Å². The SMILES string of the molecule is Cc1cccc(N2CCN([C@H](C)C(=O)Nc3cc(C)on3)CC2)c1. The lowest BCUT2D eigenvalue weighted by Gasteiger charge is -2.38. The first-order valence-electron chi connectivity index (χ1n) is 8.33. The summed E-state index contributed by atoms with van der Waals surface area (Å²) in [7, 11) is 0. The molecule has 2 heterocycles. The van der Waals surface area contributed by atoms with Crippen molar-refractivity contribution in [1.29, 1.82) is 0 Å². The molecule has 0 bridgehead atoms. The van der Waals surface area contributed by atoms with Gasteiger partial charge in [-0.05, 0) is 38.5 Å². The maximum Gasteiger partial charge on any atom is 0.242 e. The van der Waals surface area contributed by atoms with E-state index in [1.165, 1.54) is 11.3 Å². The molecule has 1 aliphatic heterocycles. The zero-order chi connectivity index (χ0) is 17.1. The van der Waals surface area contributed by atoms with Crippen LogP contribution in [0.2, 0.25) is 0 Å². The van der Waals surface area contributed by atoms with Crippen LogP contribution in [0, 0.1) is 13.8 Å². The summed E-state index contributed by atoms with van der Waals surface area (Å²) < 4.78 is 4.98. The summed E-state index contributed by atoms with van der Waals surface area (Å²) in [5, 5.41) is 6.62. The molecule has 0 unspecified atom stereocenters. The maximum absolute atomic E-state index is 12.4. The van der Waals surface area contributed by atoms with Crippen molar-refractivity contribution in [2.75, 3.05) is 36.4 Å². The number of hydrogen-bond donors (Lipinski definition) is 1. The van der Waals surface area contributed by atoms with Gasteiger partial charge in [0.2, 0.25) is 5.91 Å². The van der Waals surface area contributed by atoms with Crippen LogP contribution in [0.3, 0.4) is 0 Å². The topological polar surface area (TPSA) is 61.6 Å². The average Bonchev–Trinajstić information content (AvgIpc) is 2.99. The summed E-state index contributed by atoms with van der Waals surface area (Å²) in [4.78, 5) is 16.9. The van der Waals surface area contributed by atoms with Gasteiger partial charge in [-0.1, -0.05) is 17.3 Å². The van der Waals surface area contributed by atoms with Gasteiger partial charge in [0.1, 0.15) is 5.76 Å². The van der Waals surface area contributed by atoms with Gasteiger partial charge in [-0.15, -0.1) is 0 Å². The molecule has 1 aromatic carbocycles. The monoisotopic (exact) mass is 328 g/mol. The van der Waals surface area contributed by atoms with E-state index < -0.39 is 0 Å². The Kier molecular flexibility index (Phi) is 4.85. The number of amides is 1. The number of nitrogens with one attached hydrogen (secondary N) is 1. The fraction of sp³-hybridized carbons (Fsp3) is 0.444. The number of rotatable bonds is 4. The Morgan fingerprint density at radius 3 is 2.58 bits per heavy atom. The van der Waals surface area contributed by atoms with Crippen LogP contribution in [0.4, 0.5) is 11.5 Å². The molecule has 3 rings (SSSR count). The number of aryl methyl sites for hydroxylation is 2. The van der Waals surface area contributed by atoms with E-state index >= 15 is 0 Å². The zero-order valence-corrected chi connectivity index (χ0v) is 14.5. The third-order valence-corrected chi connectivity index (χ3v) is 4.49. The number of benzene rings is 1. The minimum atomic E-state index is -0.193. The van der Waals surface area contributed by atoms with Crippen molar-refractivity contribution in [1.82, 2.24) is 10.1 Å². The average molecular weight is 328 g/mol. The Hall–Kier alpha value is -2.34. The molecule has 1 fully saturated rings. The van der Waals surface area contributed by atoms with Crippen molar-refractivity contribution in [2.24, 2.45) is 0 Å². The quantitative estimate of drug-likeness (QED) is 0.934. The molecule has 2 aromatic rings. The second-order valence-corrected chi connectivity index (χ2v) is 6.35. The second kappa shape index (κ2) is 7.05. The molecular formula is C18H24N4O2. The number of carbonyl (C=O) groups excluding carboxylic acids is 1. The minimum absolute atomic E-state index is 0.0488. The number of hydrogen-bond acceptors (Lipinski definition) is 5. The van der Waals surface area contributed by atoms with Gasteiger partial charge in [0.15, 0.2) is 5.82 Å². The van der Waals surface area contributed by atoms with Crippen LogP contribution in [-0.2, 0) is 4.79 Å². The van der Waals surface area contributed by atoms with Crippen molar-refractivity contribution in [2.45, 2.75) is 26.8 Å². The molecule has 0 aliphatic carbocycles. The highest BCUT2D eigenvalue weighted by molar-refractivity contribution is 5.93. The molecule has 0 radical (unpaired) electrons. The molecule has 6 nitrogen and oxygen atoms in total. The highest BCUT2D eigenvalue weighted by Crippen LogP contribution is 2.19. The molecule has 1 aromatic heterocycles. The van der Waals surface area contributed by atoms with Crippen molar-refractivity contribution < 1.29 is 9.32 Å². The molecule has 1 N–H and O–H groups in total. The Morgan fingerprint density at radius 1 is 1.21 bits per heavy atom. The summed E-state index contributed by atoms with van der Waals surface area (Å²) in [6, 6.07) is 10.1. The van der Waals surface area contributed by atoms with Crippen LogP contribution in [0.25, 0.3) is 0 Å². The highest BCUT2D eigenvalue weighted by Gasteiger charge is 2.26. The molecule has 0 spiro atoms. The van der Waals surface area contributed by atoms with E-state index in [1.54, 1.807) is 13.0 Å². The predicted molar refractivity (Wildman–Crippen MR) is 94.3 cm³/mol. The van der Waals surface area contributed by atoms with Crippen molar-refractivity contribution in [3.8, 4) is 0 Å². The van der Waals surface area contributed by atoms with Gasteiger partial charge in [-0.2, -0.15) is 0 Å². The third-order valence-electron chi connectivity index (χ3n) is 4.49. The normalized spacial score (nSPS) is 16.9. The van der Waals surface area contributed by atoms with E-state index in [0.717, 1.165) is 26.2 Å². The van der Waals surface area contributed by atoms with Crippen LogP contribution in [0.15, 0.2) is 34.9 Å². The molecule has 1 aliphatic rings. The molecule has 0 saturated carbocycles. The molecule has 6 heteroatoms. The molecular weight excluding hydrogens is 304 g/mol. The van der Waals surface area contributed by atoms with E-state index in [4.69, 9.17) is 4.52 Å². The van der Waals surface area contributed by atoms with Crippen LogP contribution in [0.1, 0.15) is 18.2 Å². The summed E-state index contributed by atoms with van der Waals surface area (Å²) >= 11 is 0. The fourth-order valence-corrected chi connectivity index (χ4v) is 3.01. The van der Waals surface area contributed by atoms with E-state index in [0.29, 0.717) is 11.6 Å². The van der Waals surface area contributed by atoms with Crippen LogP contribution in [0.5, 0.6) is 0 Å². The first kappa shape index (κ1) is 16.5. The first-order valence-corrected chi connectivity index (χ1v) is 8.33. The van der Waals surface area contributed by atoms with Crippen LogP contribution >= 0.6 is 0 Å². The van der Waals surface area contributed by atoms with Crippen molar-refractivity contribution in [3.63, 3.8) is 0 Å². The van der Waals surface area contributed by atoms with Crippen molar-refractivity contribution in [3.05, 3.63) is 41.7 Å². The Labute approximate surface area is 142 Å². The predicted octanol–water partition coefficient (Wildman–Crippen LogP) is 2.44. The maximum atomic E-state index is 12.4. The molecule has 128 valence electrons. The Bertz CT molecular complexity index is 705. The lowest BCUT2D eigenvalue weighted by molar-refractivity contribution is -0.120. The molecule has 24 heavy (non-hydrogen) atoms. The van der Waals surface area contributed by atoms with Gasteiger partial charge in [0.05, 0.1) is 6.04 Å². The summed E-state index contributed by atoms with van der Waals surface area (Å²) in [6.45, 7) is 9.41. The number of carbonyl (C=O) groups is 1. The second-order valence-electron chi connectivity index (χ2n) is 6.35. The van der Waals surface area contributed by atoms with E-state index in [-0.39, 0.29) is 11.9 Å². The third kappa shape index (κ3) is 3.76. The van der Waals surface area contributed by atoms with Crippen molar-refractivity contribution >= 4 is 17.4 Å². The van der Waals surface area contributed by atoms with Gasteiger partial charge in [0, 0.05) is 37.9 Å². The Balaban J connectivity index is 1.54. The summed E-state index contributed by atoms with van der Waals surface area (Å²) in [6.07, 6.45) is 0. The van der Waals surface area contributed by atoms with Gasteiger partial charge in [-0.25, -0.2) is 0 Å². The number of aromatic nitrogens is 1. The fourth-order valence-electron chi connectivity index (χ4n) is 3.01. The van der Waals surface area contributed by atoms with Crippen LogP contribution in [-0.4, -0.2) is 48.2 Å². The number of piperazine rings is 1. The highest BCUT2D eigenvalue weighted by atomic mass is 16.5. The number of nitrogens with zero attached hydrogens (tertiary/aromatic N) is 3. The summed E-state index contributed by atoms with van der Waals surface area (Å²) in [5.74, 6) is 1.11. The molecule has 1 atom stereocenters. The lowest BCUT2D eigenvalue weighted by atomic mass is 10.1. The van der Waals surface area contributed by atoms with Gasteiger partial charge >= 0.3 is 0 Å². The summed E-state index contributed by atoms with van der Waals surface area (Å²) in [5.41, 5.74) is 2.52. The Morgan fingerprint density at radius 2 is 1.96 bits per heavy atom. The zero-order valence-electron chi connectivity index (χ0n) is 14.5.